The second-order valence-corrected chi connectivity index (χ2v) is 9.40. The fourth-order valence-corrected chi connectivity index (χ4v) is 5.96. The average molecular weight is 360 g/mol. The largest absolute Gasteiger partial charge is 0.355 e. The van der Waals surface area contributed by atoms with Crippen LogP contribution < -0.4 is 0 Å². The molecule has 2 unspecified atom stereocenters. The molecule has 1 N–H and O–H groups in total. The summed E-state index contributed by atoms with van der Waals surface area (Å²) in [6.07, 6.45) is 11.3. The van der Waals surface area contributed by atoms with E-state index in [1.807, 2.05) is 0 Å². The molecule has 0 radical (unpaired) electrons. The van der Waals surface area contributed by atoms with Gasteiger partial charge in [-0.3, -0.25) is 0 Å². The van der Waals surface area contributed by atoms with E-state index in [9.17, 15) is 0 Å². The molecular formula is C26H33N. The molecule has 2 saturated carbocycles. The minimum atomic E-state index is 0.683. The maximum atomic E-state index is 3.65. The van der Waals surface area contributed by atoms with Crippen LogP contribution in [0.1, 0.15) is 88.2 Å². The molecule has 2 fully saturated rings. The van der Waals surface area contributed by atoms with E-state index in [2.05, 4.69) is 55.2 Å². The van der Waals surface area contributed by atoms with Crippen molar-refractivity contribution in [2.75, 3.05) is 0 Å². The molecule has 0 aliphatic heterocycles. The maximum absolute atomic E-state index is 3.65. The van der Waals surface area contributed by atoms with E-state index in [1.165, 1.54) is 84.3 Å². The van der Waals surface area contributed by atoms with Crippen molar-refractivity contribution in [2.24, 2.45) is 11.8 Å². The Balaban J connectivity index is 1.54. The van der Waals surface area contributed by atoms with E-state index in [0.29, 0.717) is 11.8 Å². The number of aromatic amines is 1. The zero-order valence-electron chi connectivity index (χ0n) is 16.9. The van der Waals surface area contributed by atoms with Crippen LogP contribution in [0.25, 0.3) is 21.8 Å². The third-order valence-electron chi connectivity index (χ3n) is 7.91. The van der Waals surface area contributed by atoms with Gasteiger partial charge in [-0.2, -0.15) is 0 Å². The normalized spacial score (nSPS) is 21.4. The van der Waals surface area contributed by atoms with Gasteiger partial charge in [0.15, 0.2) is 0 Å². The summed E-state index contributed by atoms with van der Waals surface area (Å²) in [4.78, 5) is 3.65. The van der Waals surface area contributed by atoms with Crippen molar-refractivity contribution in [3.63, 3.8) is 0 Å². The van der Waals surface area contributed by atoms with Gasteiger partial charge in [0.05, 0.1) is 0 Å². The van der Waals surface area contributed by atoms with E-state index in [4.69, 9.17) is 0 Å². The molecule has 2 aliphatic rings. The van der Waals surface area contributed by atoms with E-state index >= 15 is 0 Å². The molecule has 0 amide bonds. The molecule has 3 aromatic rings. The predicted octanol–water partition coefficient (Wildman–Crippen LogP) is 7.91. The van der Waals surface area contributed by atoms with Gasteiger partial charge in [-0.15, -0.1) is 0 Å². The van der Waals surface area contributed by atoms with Gasteiger partial charge in [0, 0.05) is 21.8 Å². The van der Waals surface area contributed by atoms with Crippen molar-refractivity contribution >= 4 is 21.8 Å². The highest BCUT2D eigenvalue weighted by atomic mass is 14.7. The highest BCUT2D eigenvalue weighted by molar-refractivity contribution is 6.07. The lowest BCUT2D eigenvalue weighted by atomic mass is 9.85. The standard InChI is InChI=1S/C26H33N/c1-17(19-7-3-4-8-19)21-11-13-25-23(15-21)24-16-22(12-14-26(24)27-25)18(2)20-9-5-6-10-20/h11-20,27H,3-10H2,1-2H3. The van der Waals surface area contributed by atoms with E-state index in [-0.39, 0.29) is 0 Å². The van der Waals surface area contributed by atoms with Crippen molar-refractivity contribution in [1.82, 2.24) is 4.98 Å². The van der Waals surface area contributed by atoms with Crippen LogP contribution >= 0.6 is 0 Å². The molecule has 27 heavy (non-hydrogen) atoms. The van der Waals surface area contributed by atoms with E-state index < -0.39 is 0 Å². The first-order valence-corrected chi connectivity index (χ1v) is 11.3. The Morgan fingerprint density at radius 1 is 0.667 bits per heavy atom. The van der Waals surface area contributed by atoms with Crippen LogP contribution in [-0.2, 0) is 0 Å². The molecule has 1 heterocycles. The molecule has 0 saturated heterocycles. The van der Waals surface area contributed by atoms with Crippen LogP contribution in [0.5, 0.6) is 0 Å². The number of H-pyrrole nitrogens is 1. The first-order valence-electron chi connectivity index (χ1n) is 11.3. The number of fused-ring (bicyclic) bond motifs is 3. The highest BCUT2D eigenvalue weighted by Crippen LogP contribution is 2.40. The van der Waals surface area contributed by atoms with Gasteiger partial charge in [0.25, 0.3) is 0 Å². The van der Waals surface area contributed by atoms with Crippen molar-refractivity contribution < 1.29 is 0 Å². The summed E-state index contributed by atoms with van der Waals surface area (Å²) in [5, 5.41) is 2.85. The van der Waals surface area contributed by atoms with E-state index in [1.54, 1.807) is 0 Å². The molecule has 2 aliphatic carbocycles. The number of nitrogens with one attached hydrogen (secondary N) is 1. The molecule has 0 bridgehead atoms. The van der Waals surface area contributed by atoms with Gasteiger partial charge in [-0.1, -0.05) is 51.7 Å². The second kappa shape index (κ2) is 7.00. The molecule has 1 nitrogen and oxygen atoms in total. The summed E-state index contributed by atoms with van der Waals surface area (Å²) >= 11 is 0. The Labute approximate surface area is 163 Å². The van der Waals surface area contributed by atoms with Crippen molar-refractivity contribution in [1.29, 1.82) is 0 Å². The lowest BCUT2D eigenvalue weighted by Gasteiger charge is -2.20. The fourth-order valence-electron chi connectivity index (χ4n) is 5.96. The number of benzene rings is 2. The van der Waals surface area contributed by atoms with Crippen LogP contribution in [0.15, 0.2) is 36.4 Å². The summed E-state index contributed by atoms with van der Waals surface area (Å²) < 4.78 is 0. The summed E-state index contributed by atoms with van der Waals surface area (Å²) in [6, 6.07) is 14.3. The van der Waals surface area contributed by atoms with Crippen LogP contribution in [0.3, 0.4) is 0 Å². The lowest BCUT2D eigenvalue weighted by Crippen LogP contribution is -2.05. The second-order valence-electron chi connectivity index (χ2n) is 9.40. The third-order valence-corrected chi connectivity index (χ3v) is 7.91. The Morgan fingerprint density at radius 3 is 1.48 bits per heavy atom. The lowest BCUT2D eigenvalue weighted by molar-refractivity contribution is 0.461. The van der Waals surface area contributed by atoms with Gasteiger partial charge >= 0.3 is 0 Å². The Morgan fingerprint density at radius 2 is 1.07 bits per heavy atom. The number of hydrogen-bond donors (Lipinski definition) is 1. The fraction of sp³-hybridized carbons (Fsp3) is 0.538. The number of hydrogen-bond acceptors (Lipinski definition) is 0. The summed E-state index contributed by atoms with van der Waals surface area (Å²) in [5.74, 6) is 3.13. The van der Waals surface area contributed by atoms with Gasteiger partial charge in [-0.25, -0.2) is 0 Å². The predicted molar refractivity (Wildman–Crippen MR) is 117 cm³/mol. The van der Waals surface area contributed by atoms with Gasteiger partial charge in [-0.05, 0) is 84.7 Å². The zero-order valence-corrected chi connectivity index (χ0v) is 16.9. The molecule has 1 heteroatoms. The summed E-state index contributed by atoms with van der Waals surface area (Å²) in [6.45, 7) is 4.89. The molecule has 5 rings (SSSR count). The average Bonchev–Trinajstić information content (AvgIpc) is 3.46. The van der Waals surface area contributed by atoms with Crippen LogP contribution in [0, 0.1) is 11.8 Å². The molecule has 1 aromatic heterocycles. The Bertz CT molecular complexity index is 861. The SMILES string of the molecule is CC(c1ccc2[nH]c3ccc(C(C)C4CCCC4)cc3c2c1)C1CCCC1. The minimum Gasteiger partial charge on any atom is -0.355 e. The minimum absolute atomic E-state index is 0.683. The number of rotatable bonds is 4. The van der Waals surface area contributed by atoms with Crippen molar-refractivity contribution in [3.05, 3.63) is 47.5 Å². The van der Waals surface area contributed by atoms with Gasteiger partial charge in [0.1, 0.15) is 0 Å². The Hall–Kier alpha value is -1.76. The highest BCUT2D eigenvalue weighted by Gasteiger charge is 2.24. The molecular weight excluding hydrogens is 326 g/mol. The van der Waals surface area contributed by atoms with Gasteiger partial charge in [0.2, 0.25) is 0 Å². The number of aromatic nitrogens is 1. The molecule has 142 valence electrons. The quantitative estimate of drug-likeness (QED) is 0.487. The molecule has 0 spiro atoms. The third kappa shape index (κ3) is 3.10. The summed E-state index contributed by atoms with van der Waals surface area (Å²) in [7, 11) is 0. The smallest absolute Gasteiger partial charge is 0.0465 e. The monoisotopic (exact) mass is 359 g/mol. The first-order chi connectivity index (χ1) is 13.2. The molecule has 2 aromatic carbocycles. The van der Waals surface area contributed by atoms with Crippen LogP contribution in [0.2, 0.25) is 0 Å². The molecule has 2 atom stereocenters. The summed E-state index contributed by atoms with van der Waals surface area (Å²) in [5.41, 5.74) is 5.64. The van der Waals surface area contributed by atoms with Crippen LogP contribution in [0.4, 0.5) is 0 Å². The Kier molecular flexibility index (Phi) is 4.50. The van der Waals surface area contributed by atoms with E-state index in [0.717, 1.165) is 11.8 Å². The maximum Gasteiger partial charge on any atom is 0.0465 e. The van der Waals surface area contributed by atoms with Crippen LogP contribution in [-0.4, -0.2) is 4.98 Å². The first kappa shape index (κ1) is 17.3. The topological polar surface area (TPSA) is 15.8 Å². The zero-order chi connectivity index (χ0) is 18.4. The van der Waals surface area contributed by atoms with Crippen molar-refractivity contribution in [3.8, 4) is 0 Å². The van der Waals surface area contributed by atoms with Crippen molar-refractivity contribution in [2.45, 2.75) is 77.0 Å². The van der Waals surface area contributed by atoms with Gasteiger partial charge < -0.3 is 4.98 Å².